The Balaban J connectivity index is 1.79. The lowest BCUT2D eigenvalue weighted by atomic mass is 9.71. The van der Waals surface area contributed by atoms with Crippen molar-refractivity contribution in [3.8, 4) is 0 Å². The van der Waals surface area contributed by atoms with Crippen molar-refractivity contribution >= 4 is 5.69 Å². The number of hydrogen-bond donors (Lipinski definition) is 2. The number of anilines is 1. The molecule has 1 aliphatic carbocycles. The first-order valence-electron chi connectivity index (χ1n) is 8.02. The Morgan fingerprint density at radius 3 is 2.90 bits per heavy atom. The summed E-state index contributed by atoms with van der Waals surface area (Å²) < 4.78 is 14.4. The summed E-state index contributed by atoms with van der Waals surface area (Å²) in [4.78, 5) is 2.09. The number of benzene rings is 1. The highest BCUT2D eigenvalue weighted by Gasteiger charge is 2.43. The van der Waals surface area contributed by atoms with E-state index in [0.717, 1.165) is 44.3 Å². The van der Waals surface area contributed by atoms with E-state index >= 15 is 0 Å². The highest BCUT2D eigenvalue weighted by atomic mass is 19.1. The van der Waals surface area contributed by atoms with Crippen LogP contribution in [0.2, 0.25) is 0 Å². The standard InChI is InChI=1S/C17H25FN2O/c1-12(19)13-5-6-16(15(18)10-13)20-9-8-17(21)7-3-2-4-14(17)11-20/h5-6,10,12,14,21H,2-4,7-9,11,19H2,1H3/t12-,14?,17?/m0/s1. The molecule has 1 aliphatic heterocycles. The molecule has 2 unspecified atom stereocenters. The van der Waals surface area contributed by atoms with E-state index in [9.17, 15) is 9.50 Å². The SMILES string of the molecule is C[C@H](N)c1ccc(N2CCC3(O)CCCCC3C2)c(F)c1. The summed E-state index contributed by atoms with van der Waals surface area (Å²) in [6, 6.07) is 5.13. The minimum atomic E-state index is -0.517. The molecule has 1 aromatic carbocycles. The molecule has 1 saturated carbocycles. The van der Waals surface area contributed by atoms with Gasteiger partial charge in [-0.15, -0.1) is 0 Å². The molecule has 3 nitrogen and oxygen atoms in total. The predicted octanol–water partition coefficient (Wildman–Crippen LogP) is 2.98. The van der Waals surface area contributed by atoms with Crippen molar-refractivity contribution in [3.63, 3.8) is 0 Å². The van der Waals surface area contributed by atoms with Crippen molar-refractivity contribution in [3.05, 3.63) is 29.6 Å². The third-order valence-corrected chi connectivity index (χ3v) is 5.27. The fourth-order valence-corrected chi connectivity index (χ4v) is 3.85. The molecule has 2 aliphatic rings. The van der Waals surface area contributed by atoms with Crippen LogP contribution < -0.4 is 10.6 Å². The van der Waals surface area contributed by atoms with Crippen LogP contribution >= 0.6 is 0 Å². The first kappa shape index (κ1) is 14.8. The zero-order chi connectivity index (χ0) is 15.0. The first-order valence-corrected chi connectivity index (χ1v) is 8.02. The van der Waals surface area contributed by atoms with Gasteiger partial charge in [-0.1, -0.05) is 18.9 Å². The van der Waals surface area contributed by atoms with Crippen molar-refractivity contribution in [1.82, 2.24) is 0 Å². The van der Waals surface area contributed by atoms with Gasteiger partial charge in [0.2, 0.25) is 0 Å². The quantitative estimate of drug-likeness (QED) is 0.881. The number of hydrogen-bond acceptors (Lipinski definition) is 3. The fraction of sp³-hybridized carbons (Fsp3) is 0.647. The second-order valence-corrected chi connectivity index (χ2v) is 6.74. The number of fused-ring (bicyclic) bond motifs is 1. The van der Waals surface area contributed by atoms with Crippen LogP contribution in [0.5, 0.6) is 0 Å². The van der Waals surface area contributed by atoms with Gasteiger partial charge in [0.25, 0.3) is 0 Å². The molecule has 2 fully saturated rings. The van der Waals surface area contributed by atoms with Crippen LogP contribution in [0.25, 0.3) is 0 Å². The summed E-state index contributed by atoms with van der Waals surface area (Å²) in [7, 11) is 0. The molecule has 0 radical (unpaired) electrons. The highest BCUT2D eigenvalue weighted by molar-refractivity contribution is 5.50. The summed E-state index contributed by atoms with van der Waals surface area (Å²) in [6.45, 7) is 3.34. The van der Waals surface area contributed by atoms with Crippen LogP contribution in [0, 0.1) is 11.7 Å². The number of halogens is 1. The number of nitrogens with two attached hydrogens (primary N) is 1. The van der Waals surface area contributed by atoms with Crippen molar-refractivity contribution in [2.24, 2.45) is 11.7 Å². The second-order valence-electron chi connectivity index (χ2n) is 6.74. The van der Waals surface area contributed by atoms with Gasteiger partial charge >= 0.3 is 0 Å². The number of piperidine rings is 1. The minimum Gasteiger partial charge on any atom is -0.389 e. The molecule has 0 aromatic heterocycles. The lowest BCUT2D eigenvalue weighted by molar-refractivity contribution is -0.0613. The van der Waals surface area contributed by atoms with E-state index < -0.39 is 5.60 Å². The Morgan fingerprint density at radius 2 is 2.19 bits per heavy atom. The van der Waals surface area contributed by atoms with E-state index in [-0.39, 0.29) is 17.8 Å². The van der Waals surface area contributed by atoms with E-state index in [1.807, 2.05) is 19.1 Å². The van der Waals surface area contributed by atoms with Crippen LogP contribution in [0.4, 0.5) is 10.1 Å². The molecule has 3 rings (SSSR count). The van der Waals surface area contributed by atoms with Gasteiger partial charge in [0.15, 0.2) is 0 Å². The smallest absolute Gasteiger partial charge is 0.146 e. The summed E-state index contributed by atoms with van der Waals surface area (Å²) in [6.07, 6.45) is 4.98. The number of nitrogens with zero attached hydrogens (tertiary/aromatic N) is 1. The van der Waals surface area contributed by atoms with Crippen LogP contribution in [0.15, 0.2) is 18.2 Å². The minimum absolute atomic E-state index is 0.154. The molecule has 116 valence electrons. The Bertz CT molecular complexity index is 520. The molecule has 3 atom stereocenters. The van der Waals surface area contributed by atoms with Gasteiger partial charge in [0, 0.05) is 25.0 Å². The van der Waals surface area contributed by atoms with Crippen LogP contribution in [-0.4, -0.2) is 23.8 Å². The van der Waals surface area contributed by atoms with E-state index in [2.05, 4.69) is 4.90 Å². The number of rotatable bonds is 2. The molecule has 0 amide bonds. The molecule has 3 N–H and O–H groups in total. The monoisotopic (exact) mass is 292 g/mol. The Labute approximate surface area is 125 Å². The van der Waals surface area contributed by atoms with Gasteiger partial charge in [-0.2, -0.15) is 0 Å². The fourth-order valence-electron chi connectivity index (χ4n) is 3.85. The van der Waals surface area contributed by atoms with E-state index in [1.54, 1.807) is 6.07 Å². The summed E-state index contributed by atoms with van der Waals surface area (Å²) in [5.74, 6) is 0.0681. The summed E-state index contributed by atoms with van der Waals surface area (Å²) >= 11 is 0. The normalized spacial score (nSPS) is 30.9. The Kier molecular flexibility index (Phi) is 3.93. The maximum absolute atomic E-state index is 14.4. The van der Waals surface area contributed by atoms with Gasteiger partial charge in [0.05, 0.1) is 11.3 Å². The van der Waals surface area contributed by atoms with Gasteiger partial charge in [-0.05, 0) is 43.9 Å². The largest absolute Gasteiger partial charge is 0.389 e. The Hall–Kier alpha value is -1.13. The van der Waals surface area contributed by atoms with Crippen molar-refractivity contribution in [2.45, 2.75) is 50.7 Å². The Morgan fingerprint density at radius 1 is 1.38 bits per heavy atom. The lowest BCUT2D eigenvalue weighted by Gasteiger charge is -2.48. The van der Waals surface area contributed by atoms with E-state index in [0.29, 0.717) is 5.69 Å². The zero-order valence-corrected chi connectivity index (χ0v) is 12.7. The molecule has 0 bridgehead atoms. The zero-order valence-electron chi connectivity index (χ0n) is 12.7. The van der Waals surface area contributed by atoms with E-state index in [1.165, 1.54) is 6.42 Å². The highest BCUT2D eigenvalue weighted by Crippen LogP contribution is 2.41. The summed E-state index contributed by atoms with van der Waals surface area (Å²) in [5, 5.41) is 10.7. The van der Waals surface area contributed by atoms with Gasteiger partial charge in [0.1, 0.15) is 5.82 Å². The van der Waals surface area contributed by atoms with Gasteiger partial charge in [-0.3, -0.25) is 0 Å². The van der Waals surface area contributed by atoms with E-state index in [4.69, 9.17) is 5.73 Å². The van der Waals surface area contributed by atoms with Crippen molar-refractivity contribution in [2.75, 3.05) is 18.0 Å². The van der Waals surface area contributed by atoms with Crippen molar-refractivity contribution < 1.29 is 9.50 Å². The van der Waals surface area contributed by atoms with Gasteiger partial charge < -0.3 is 15.7 Å². The van der Waals surface area contributed by atoms with Gasteiger partial charge in [-0.25, -0.2) is 4.39 Å². The maximum Gasteiger partial charge on any atom is 0.146 e. The predicted molar refractivity (Wildman–Crippen MR) is 82.7 cm³/mol. The molecule has 0 spiro atoms. The summed E-state index contributed by atoms with van der Waals surface area (Å²) in [5.41, 5.74) is 6.75. The second kappa shape index (κ2) is 5.58. The van der Waals surface area contributed by atoms with Crippen LogP contribution in [-0.2, 0) is 0 Å². The topological polar surface area (TPSA) is 49.5 Å². The third kappa shape index (κ3) is 2.79. The average Bonchev–Trinajstić information content (AvgIpc) is 2.46. The molecule has 21 heavy (non-hydrogen) atoms. The molecule has 1 aromatic rings. The number of aliphatic hydroxyl groups is 1. The van der Waals surface area contributed by atoms with Crippen LogP contribution in [0.3, 0.4) is 0 Å². The maximum atomic E-state index is 14.4. The molecule has 4 heteroatoms. The average molecular weight is 292 g/mol. The molecule has 1 saturated heterocycles. The molecular formula is C17H25FN2O. The molecule has 1 heterocycles. The molecular weight excluding hydrogens is 267 g/mol. The van der Waals surface area contributed by atoms with Crippen molar-refractivity contribution in [1.29, 1.82) is 0 Å². The first-order chi connectivity index (χ1) is 9.99. The lowest BCUT2D eigenvalue weighted by Crippen LogP contribution is -2.53. The third-order valence-electron chi connectivity index (χ3n) is 5.27. The van der Waals surface area contributed by atoms with Crippen LogP contribution in [0.1, 0.15) is 50.6 Å².